The van der Waals surface area contributed by atoms with Crippen molar-refractivity contribution < 1.29 is 4.79 Å². The minimum absolute atomic E-state index is 0.0450. The molecule has 0 aromatic heterocycles. The molecule has 1 saturated carbocycles. The Morgan fingerprint density at radius 2 is 1.82 bits per heavy atom. The standard InChI is InChI=1S/C15H18OS/c16-12-14(17)15(9-5-2-6-10-15)11-13-7-3-1-4-8-13/h1,3-4,7-8,12H,2,5-6,9-11H2. The van der Waals surface area contributed by atoms with Gasteiger partial charge in [-0.1, -0.05) is 61.8 Å². The molecule has 0 radical (unpaired) electrons. The number of thiocarbonyl (C=S) groups is 1. The van der Waals surface area contributed by atoms with E-state index in [-0.39, 0.29) is 5.41 Å². The number of hydrogen-bond acceptors (Lipinski definition) is 2. The second kappa shape index (κ2) is 5.54. The van der Waals surface area contributed by atoms with Crippen LogP contribution >= 0.6 is 12.2 Å². The zero-order chi connectivity index (χ0) is 12.1. The fourth-order valence-corrected chi connectivity index (χ4v) is 3.13. The van der Waals surface area contributed by atoms with Gasteiger partial charge >= 0.3 is 0 Å². The van der Waals surface area contributed by atoms with Crippen molar-refractivity contribution in [2.75, 3.05) is 0 Å². The van der Waals surface area contributed by atoms with E-state index in [0.29, 0.717) is 4.86 Å². The second-order valence-electron chi connectivity index (χ2n) is 4.99. The van der Waals surface area contributed by atoms with E-state index in [4.69, 9.17) is 12.2 Å². The predicted molar refractivity (Wildman–Crippen MR) is 74.3 cm³/mol. The van der Waals surface area contributed by atoms with Gasteiger partial charge in [0.05, 0.1) is 4.86 Å². The summed E-state index contributed by atoms with van der Waals surface area (Å²) >= 11 is 5.32. The van der Waals surface area contributed by atoms with Gasteiger partial charge in [-0.3, -0.25) is 4.79 Å². The van der Waals surface area contributed by atoms with Crippen LogP contribution in [0.25, 0.3) is 0 Å². The third-order valence-electron chi connectivity index (χ3n) is 3.83. The van der Waals surface area contributed by atoms with Crippen LogP contribution < -0.4 is 0 Å². The zero-order valence-electron chi connectivity index (χ0n) is 10.0. The molecule has 0 N–H and O–H groups in total. The van der Waals surface area contributed by atoms with Gasteiger partial charge < -0.3 is 0 Å². The molecule has 0 spiro atoms. The molecular weight excluding hydrogens is 228 g/mol. The lowest BCUT2D eigenvalue weighted by molar-refractivity contribution is -0.103. The maximum atomic E-state index is 11.1. The molecule has 0 aliphatic heterocycles. The van der Waals surface area contributed by atoms with E-state index < -0.39 is 0 Å². The van der Waals surface area contributed by atoms with E-state index in [1.165, 1.54) is 24.8 Å². The Labute approximate surface area is 108 Å². The van der Waals surface area contributed by atoms with Crippen molar-refractivity contribution in [1.82, 2.24) is 0 Å². The Kier molecular flexibility index (Phi) is 4.06. The minimum Gasteiger partial charge on any atom is -0.297 e. The summed E-state index contributed by atoms with van der Waals surface area (Å²) in [7, 11) is 0. The van der Waals surface area contributed by atoms with Gasteiger partial charge in [-0.2, -0.15) is 0 Å². The van der Waals surface area contributed by atoms with Gasteiger partial charge in [-0.25, -0.2) is 0 Å². The van der Waals surface area contributed by atoms with Crippen LogP contribution in [0.15, 0.2) is 30.3 Å². The second-order valence-corrected chi connectivity index (χ2v) is 5.43. The summed E-state index contributed by atoms with van der Waals surface area (Å²) < 4.78 is 0. The van der Waals surface area contributed by atoms with Crippen molar-refractivity contribution in [3.8, 4) is 0 Å². The van der Waals surface area contributed by atoms with Gasteiger partial charge in [0.15, 0.2) is 6.29 Å². The SMILES string of the molecule is O=CC(=S)C1(Cc2ccccc2)CCCCC1. The third-order valence-corrected chi connectivity index (χ3v) is 4.35. The fraction of sp³-hybridized carbons (Fsp3) is 0.467. The summed E-state index contributed by atoms with van der Waals surface area (Å²) in [5.41, 5.74) is 1.25. The minimum atomic E-state index is -0.0450. The average molecular weight is 246 g/mol. The first-order chi connectivity index (χ1) is 8.27. The number of carbonyl (C=O) groups excluding carboxylic acids is 1. The van der Waals surface area contributed by atoms with Crippen LogP contribution in [0, 0.1) is 5.41 Å². The van der Waals surface area contributed by atoms with Crippen LogP contribution in [0.5, 0.6) is 0 Å². The lowest BCUT2D eigenvalue weighted by atomic mass is 9.68. The number of benzene rings is 1. The molecule has 90 valence electrons. The summed E-state index contributed by atoms with van der Waals surface area (Å²) in [6, 6.07) is 10.4. The molecule has 2 heteroatoms. The highest BCUT2D eigenvalue weighted by Crippen LogP contribution is 2.40. The van der Waals surface area contributed by atoms with E-state index in [0.717, 1.165) is 25.5 Å². The molecule has 1 aliphatic rings. The van der Waals surface area contributed by atoms with Gasteiger partial charge in [-0.05, 0) is 24.8 Å². The molecule has 0 bridgehead atoms. The van der Waals surface area contributed by atoms with Crippen LogP contribution in [0.2, 0.25) is 0 Å². The van der Waals surface area contributed by atoms with Crippen molar-refractivity contribution in [2.45, 2.75) is 38.5 Å². The van der Waals surface area contributed by atoms with Crippen molar-refractivity contribution in [3.63, 3.8) is 0 Å². The average Bonchev–Trinajstić information content (AvgIpc) is 2.40. The monoisotopic (exact) mass is 246 g/mol. The lowest BCUT2D eigenvalue weighted by Crippen LogP contribution is -2.35. The summed E-state index contributed by atoms with van der Waals surface area (Å²) in [6.45, 7) is 0. The first-order valence-electron chi connectivity index (χ1n) is 6.30. The van der Waals surface area contributed by atoms with Crippen molar-refractivity contribution >= 4 is 23.4 Å². The molecule has 0 amide bonds. The number of carbonyl (C=O) groups is 1. The Morgan fingerprint density at radius 1 is 1.18 bits per heavy atom. The zero-order valence-corrected chi connectivity index (χ0v) is 10.8. The largest absolute Gasteiger partial charge is 0.297 e. The number of aldehydes is 1. The normalized spacial score (nSPS) is 18.6. The molecule has 1 aromatic rings. The first kappa shape index (κ1) is 12.4. The highest BCUT2D eigenvalue weighted by molar-refractivity contribution is 7.82. The van der Waals surface area contributed by atoms with E-state index in [9.17, 15) is 4.79 Å². The molecule has 0 saturated heterocycles. The maximum absolute atomic E-state index is 11.1. The summed E-state index contributed by atoms with van der Waals surface area (Å²) in [6.07, 6.45) is 7.62. The molecule has 17 heavy (non-hydrogen) atoms. The maximum Gasteiger partial charge on any atom is 0.157 e. The Morgan fingerprint density at radius 3 is 2.41 bits per heavy atom. The molecule has 1 fully saturated rings. The smallest absolute Gasteiger partial charge is 0.157 e. The van der Waals surface area contributed by atoms with Crippen LogP contribution in [-0.4, -0.2) is 11.2 Å². The molecule has 2 rings (SSSR count). The van der Waals surface area contributed by atoms with Crippen LogP contribution in [-0.2, 0) is 11.2 Å². The Balaban J connectivity index is 2.21. The van der Waals surface area contributed by atoms with Crippen molar-refractivity contribution in [3.05, 3.63) is 35.9 Å². The molecule has 1 nitrogen and oxygen atoms in total. The highest BCUT2D eigenvalue weighted by Gasteiger charge is 2.35. The molecule has 0 heterocycles. The topological polar surface area (TPSA) is 17.1 Å². The van der Waals surface area contributed by atoms with Gasteiger partial charge in [0, 0.05) is 5.41 Å². The van der Waals surface area contributed by atoms with Gasteiger partial charge in [0.25, 0.3) is 0 Å². The third kappa shape index (κ3) is 2.81. The van der Waals surface area contributed by atoms with E-state index >= 15 is 0 Å². The Bertz CT molecular complexity index is 391. The van der Waals surface area contributed by atoms with Crippen LogP contribution in [0.4, 0.5) is 0 Å². The molecular formula is C15H18OS. The number of hydrogen-bond donors (Lipinski definition) is 0. The first-order valence-corrected chi connectivity index (χ1v) is 6.71. The summed E-state index contributed by atoms with van der Waals surface area (Å²) in [4.78, 5) is 11.7. The summed E-state index contributed by atoms with van der Waals surface area (Å²) in [5, 5.41) is 0. The molecule has 1 aliphatic carbocycles. The van der Waals surface area contributed by atoms with Gasteiger partial charge in [-0.15, -0.1) is 0 Å². The number of rotatable bonds is 4. The van der Waals surface area contributed by atoms with Crippen molar-refractivity contribution in [1.29, 1.82) is 0 Å². The quantitative estimate of drug-likeness (QED) is 0.594. The highest BCUT2D eigenvalue weighted by atomic mass is 32.1. The molecule has 0 unspecified atom stereocenters. The Hall–Kier alpha value is -1.02. The van der Waals surface area contributed by atoms with E-state index in [2.05, 4.69) is 24.3 Å². The molecule has 0 atom stereocenters. The van der Waals surface area contributed by atoms with E-state index in [1.54, 1.807) is 0 Å². The van der Waals surface area contributed by atoms with Crippen LogP contribution in [0.1, 0.15) is 37.7 Å². The fourth-order valence-electron chi connectivity index (χ4n) is 2.85. The van der Waals surface area contributed by atoms with Gasteiger partial charge in [0.2, 0.25) is 0 Å². The van der Waals surface area contributed by atoms with Crippen LogP contribution in [0.3, 0.4) is 0 Å². The predicted octanol–water partition coefficient (Wildman–Crippen LogP) is 3.75. The van der Waals surface area contributed by atoms with Crippen molar-refractivity contribution in [2.24, 2.45) is 5.41 Å². The van der Waals surface area contributed by atoms with E-state index in [1.807, 2.05) is 6.07 Å². The molecule has 1 aromatic carbocycles. The lowest BCUT2D eigenvalue weighted by Gasteiger charge is -2.36. The summed E-state index contributed by atoms with van der Waals surface area (Å²) in [5.74, 6) is 0. The van der Waals surface area contributed by atoms with Gasteiger partial charge in [0.1, 0.15) is 0 Å².